The van der Waals surface area contributed by atoms with E-state index in [4.69, 9.17) is 0 Å². The lowest BCUT2D eigenvalue weighted by atomic mass is 10.1. The minimum Gasteiger partial charge on any atom is -0.478 e. The van der Waals surface area contributed by atoms with E-state index in [1.165, 1.54) is 0 Å². The summed E-state index contributed by atoms with van der Waals surface area (Å²) in [7, 11) is 2.09. The highest BCUT2D eigenvalue weighted by atomic mass is 16.4. The zero-order chi connectivity index (χ0) is 14.4. The summed E-state index contributed by atoms with van der Waals surface area (Å²) in [6.07, 6.45) is 1.11. The molecule has 0 saturated carbocycles. The van der Waals surface area contributed by atoms with Gasteiger partial charge in [0.05, 0.1) is 5.56 Å². The molecule has 0 aliphatic carbocycles. The molecule has 2 N–H and O–H groups in total. The highest BCUT2D eigenvalue weighted by Crippen LogP contribution is 2.17. The van der Waals surface area contributed by atoms with E-state index >= 15 is 0 Å². The Labute approximate surface area is 115 Å². The number of aryl methyl sites for hydroxylation is 1. The minimum absolute atomic E-state index is 0.339. The largest absolute Gasteiger partial charge is 0.478 e. The van der Waals surface area contributed by atoms with Crippen LogP contribution in [0, 0.1) is 6.92 Å². The van der Waals surface area contributed by atoms with Crippen molar-refractivity contribution < 1.29 is 9.90 Å². The van der Waals surface area contributed by atoms with E-state index in [9.17, 15) is 9.90 Å². The van der Waals surface area contributed by atoms with Crippen molar-refractivity contribution in [3.8, 4) is 0 Å². The van der Waals surface area contributed by atoms with Crippen molar-refractivity contribution in [2.75, 3.05) is 25.5 Å². The van der Waals surface area contributed by atoms with Gasteiger partial charge < -0.3 is 15.3 Å². The summed E-state index contributed by atoms with van der Waals surface area (Å²) in [5, 5.41) is 12.4. The number of aromatic carboxylic acids is 1. The molecule has 0 aliphatic rings. The molecule has 0 amide bonds. The molecular weight excluding hydrogens is 240 g/mol. The summed E-state index contributed by atoms with van der Waals surface area (Å²) >= 11 is 0. The predicted octanol–water partition coefficient (Wildman–Crippen LogP) is 2.84. The minimum atomic E-state index is -0.888. The van der Waals surface area contributed by atoms with Crippen LogP contribution in [0.2, 0.25) is 0 Å². The van der Waals surface area contributed by atoms with Crippen molar-refractivity contribution >= 4 is 11.7 Å². The van der Waals surface area contributed by atoms with Gasteiger partial charge in [-0.05, 0) is 39.4 Å². The fourth-order valence-electron chi connectivity index (χ4n) is 1.89. The van der Waals surface area contributed by atoms with E-state index in [2.05, 4.69) is 31.1 Å². The fourth-order valence-corrected chi connectivity index (χ4v) is 1.89. The Morgan fingerprint density at radius 2 is 2.16 bits per heavy atom. The Hall–Kier alpha value is -1.55. The molecule has 0 aromatic heterocycles. The lowest BCUT2D eigenvalue weighted by molar-refractivity contribution is 0.0698. The van der Waals surface area contributed by atoms with E-state index in [1.807, 2.05) is 19.1 Å². The smallest absolute Gasteiger partial charge is 0.337 e. The Balaban J connectivity index is 2.61. The Morgan fingerprint density at radius 1 is 1.47 bits per heavy atom. The standard InChI is InChI=1S/C15H24N2O2/c1-5-12(3)17(4)9-8-16-14-7-6-11(2)10-13(14)15(18)19/h6-7,10,12,16H,5,8-9H2,1-4H3,(H,18,19). The fraction of sp³-hybridized carbons (Fsp3) is 0.533. The van der Waals surface area contributed by atoms with Crippen LogP contribution in [0.5, 0.6) is 0 Å². The molecule has 1 atom stereocenters. The molecule has 1 aromatic carbocycles. The molecule has 0 aliphatic heterocycles. The van der Waals surface area contributed by atoms with Gasteiger partial charge in [-0.25, -0.2) is 4.79 Å². The van der Waals surface area contributed by atoms with Crippen LogP contribution in [-0.2, 0) is 0 Å². The van der Waals surface area contributed by atoms with Gasteiger partial charge in [-0.2, -0.15) is 0 Å². The molecule has 0 heterocycles. The van der Waals surface area contributed by atoms with Crippen molar-refractivity contribution in [2.24, 2.45) is 0 Å². The average molecular weight is 264 g/mol. The van der Waals surface area contributed by atoms with Crippen molar-refractivity contribution in [3.05, 3.63) is 29.3 Å². The van der Waals surface area contributed by atoms with Gasteiger partial charge in [0.15, 0.2) is 0 Å². The SMILES string of the molecule is CCC(C)N(C)CCNc1ccc(C)cc1C(=O)O. The van der Waals surface area contributed by atoms with E-state index in [1.54, 1.807) is 6.07 Å². The first-order valence-electron chi connectivity index (χ1n) is 6.73. The summed E-state index contributed by atoms with van der Waals surface area (Å²) in [5.74, 6) is -0.888. The van der Waals surface area contributed by atoms with Crippen molar-refractivity contribution in [1.82, 2.24) is 4.90 Å². The molecule has 0 radical (unpaired) electrons. The molecule has 0 saturated heterocycles. The van der Waals surface area contributed by atoms with Crippen molar-refractivity contribution in [1.29, 1.82) is 0 Å². The normalized spacial score (nSPS) is 12.5. The molecule has 4 nitrogen and oxygen atoms in total. The topological polar surface area (TPSA) is 52.6 Å². The van der Waals surface area contributed by atoms with Gasteiger partial charge in [0, 0.05) is 24.8 Å². The third-order valence-electron chi connectivity index (χ3n) is 3.53. The first-order chi connectivity index (χ1) is 8.95. The van der Waals surface area contributed by atoms with E-state index in [0.29, 0.717) is 17.3 Å². The van der Waals surface area contributed by atoms with Crippen LogP contribution in [0.4, 0.5) is 5.69 Å². The van der Waals surface area contributed by atoms with Crippen LogP contribution in [0.25, 0.3) is 0 Å². The van der Waals surface area contributed by atoms with E-state index in [-0.39, 0.29) is 0 Å². The van der Waals surface area contributed by atoms with Crippen LogP contribution in [0.15, 0.2) is 18.2 Å². The number of hydrogen-bond acceptors (Lipinski definition) is 3. The number of hydrogen-bond donors (Lipinski definition) is 2. The highest BCUT2D eigenvalue weighted by Gasteiger charge is 2.10. The maximum Gasteiger partial charge on any atom is 0.337 e. The van der Waals surface area contributed by atoms with Gasteiger partial charge in [0.2, 0.25) is 0 Å². The molecule has 0 fully saturated rings. The zero-order valence-corrected chi connectivity index (χ0v) is 12.2. The predicted molar refractivity (Wildman–Crippen MR) is 79.0 cm³/mol. The first kappa shape index (κ1) is 15.5. The lowest BCUT2D eigenvalue weighted by Crippen LogP contribution is -2.32. The van der Waals surface area contributed by atoms with E-state index in [0.717, 1.165) is 25.1 Å². The molecule has 1 unspecified atom stereocenters. The average Bonchev–Trinajstić information content (AvgIpc) is 2.38. The second-order valence-electron chi connectivity index (χ2n) is 5.02. The Morgan fingerprint density at radius 3 is 2.74 bits per heavy atom. The summed E-state index contributed by atoms with van der Waals surface area (Å²) in [5.41, 5.74) is 1.99. The number of carbonyl (C=O) groups is 1. The van der Waals surface area contributed by atoms with Crippen LogP contribution in [0.1, 0.15) is 36.2 Å². The third-order valence-corrected chi connectivity index (χ3v) is 3.53. The molecule has 0 spiro atoms. The zero-order valence-electron chi connectivity index (χ0n) is 12.2. The number of rotatable bonds is 7. The van der Waals surface area contributed by atoms with Gasteiger partial charge >= 0.3 is 5.97 Å². The molecule has 1 aromatic rings. The lowest BCUT2D eigenvalue weighted by Gasteiger charge is -2.23. The first-order valence-corrected chi connectivity index (χ1v) is 6.73. The molecule has 0 bridgehead atoms. The second-order valence-corrected chi connectivity index (χ2v) is 5.02. The summed E-state index contributed by atoms with van der Waals surface area (Å²) in [6, 6.07) is 6.00. The van der Waals surface area contributed by atoms with Crippen LogP contribution in [-0.4, -0.2) is 42.2 Å². The molecular formula is C15H24N2O2. The van der Waals surface area contributed by atoms with Crippen LogP contribution < -0.4 is 5.32 Å². The Bertz CT molecular complexity index is 432. The third kappa shape index (κ3) is 4.56. The number of likely N-dealkylation sites (N-methyl/N-ethyl adjacent to an activating group) is 1. The number of nitrogens with one attached hydrogen (secondary N) is 1. The molecule has 106 valence electrons. The van der Waals surface area contributed by atoms with Gasteiger partial charge in [0.25, 0.3) is 0 Å². The Kier molecular flexibility index (Phi) is 5.83. The number of anilines is 1. The summed E-state index contributed by atoms with van der Waals surface area (Å²) in [6.45, 7) is 7.88. The van der Waals surface area contributed by atoms with Gasteiger partial charge in [-0.1, -0.05) is 18.6 Å². The number of carboxylic acids is 1. The maximum atomic E-state index is 11.2. The maximum absolute atomic E-state index is 11.2. The van der Waals surface area contributed by atoms with Crippen LogP contribution in [0.3, 0.4) is 0 Å². The summed E-state index contributed by atoms with van der Waals surface area (Å²) < 4.78 is 0. The molecule has 4 heteroatoms. The van der Waals surface area contributed by atoms with Gasteiger partial charge in [0.1, 0.15) is 0 Å². The van der Waals surface area contributed by atoms with Crippen molar-refractivity contribution in [2.45, 2.75) is 33.2 Å². The van der Waals surface area contributed by atoms with Gasteiger partial charge in [-0.3, -0.25) is 0 Å². The number of carboxylic acid groups (broad SMARTS) is 1. The molecule has 1 rings (SSSR count). The number of benzene rings is 1. The van der Waals surface area contributed by atoms with Crippen LogP contribution >= 0.6 is 0 Å². The van der Waals surface area contributed by atoms with E-state index < -0.39 is 5.97 Å². The molecule has 19 heavy (non-hydrogen) atoms. The number of nitrogens with zero attached hydrogens (tertiary/aromatic N) is 1. The van der Waals surface area contributed by atoms with Crippen molar-refractivity contribution in [3.63, 3.8) is 0 Å². The monoisotopic (exact) mass is 264 g/mol. The van der Waals surface area contributed by atoms with Gasteiger partial charge in [-0.15, -0.1) is 0 Å². The second kappa shape index (κ2) is 7.14. The highest BCUT2D eigenvalue weighted by molar-refractivity contribution is 5.94. The summed E-state index contributed by atoms with van der Waals surface area (Å²) in [4.78, 5) is 13.4. The quantitative estimate of drug-likeness (QED) is 0.795.